The molecule has 6 nitrogen and oxygen atoms in total. The lowest BCUT2D eigenvalue weighted by Gasteiger charge is -2.48. The lowest BCUT2D eigenvalue weighted by molar-refractivity contribution is -0.121. The van der Waals surface area contributed by atoms with Crippen LogP contribution < -0.4 is 5.32 Å². The molecule has 152 valence electrons. The molecule has 3 heterocycles. The van der Waals surface area contributed by atoms with Crippen LogP contribution in [-0.2, 0) is 16.0 Å². The summed E-state index contributed by atoms with van der Waals surface area (Å²) < 4.78 is 11.2. The summed E-state index contributed by atoms with van der Waals surface area (Å²) in [5.41, 5.74) is 0.895. The van der Waals surface area contributed by atoms with Crippen molar-refractivity contribution in [1.82, 2.24) is 15.2 Å². The first-order valence-electron chi connectivity index (χ1n) is 10.3. The van der Waals surface area contributed by atoms with Gasteiger partial charge in [0, 0.05) is 30.6 Å². The van der Waals surface area contributed by atoms with E-state index in [0.29, 0.717) is 6.42 Å². The summed E-state index contributed by atoms with van der Waals surface area (Å²) in [6.45, 7) is 6.16. The first-order valence-corrected chi connectivity index (χ1v) is 11.1. The minimum Gasteiger partial charge on any atom is -0.459 e. The molecule has 0 bridgehead atoms. The largest absolute Gasteiger partial charge is 0.459 e. The van der Waals surface area contributed by atoms with E-state index in [1.54, 1.807) is 0 Å². The number of furan rings is 1. The topological polar surface area (TPSA) is 67.6 Å². The van der Waals surface area contributed by atoms with Crippen molar-refractivity contribution in [3.8, 4) is 10.8 Å². The van der Waals surface area contributed by atoms with E-state index in [1.807, 2.05) is 24.4 Å². The van der Waals surface area contributed by atoms with Gasteiger partial charge in [0.15, 0.2) is 10.8 Å². The number of morpholine rings is 1. The number of carbonyl (C=O) groups excluding carboxylic acids is 1. The summed E-state index contributed by atoms with van der Waals surface area (Å²) >= 11 is 1.52. The maximum Gasteiger partial charge on any atom is 0.226 e. The lowest BCUT2D eigenvalue weighted by atomic mass is 9.79. The number of aromatic nitrogens is 1. The van der Waals surface area contributed by atoms with Crippen LogP contribution in [0.3, 0.4) is 0 Å². The van der Waals surface area contributed by atoms with Crippen LogP contribution in [0.4, 0.5) is 0 Å². The van der Waals surface area contributed by atoms with Crippen molar-refractivity contribution in [2.45, 2.75) is 51.0 Å². The minimum absolute atomic E-state index is 0.0469. The van der Waals surface area contributed by atoms with Crippen LogP contribution in [0.15, 0.2) is 21.9 Å². The van der Waals surface area contributed by atoms with Gasteiger partial charge in [-0.25, -0.2) is 4.98 Å². The molecule has 0 spiro atoms. The van der Waals surface area contributed by atoms with E-state index in [1.165, 1.54) is 30.6 Å². The molecule has 0 radical (unpaired) electrons. The Morgan fingerprint density at radius 1 is 1.25 bits per heavy atom. The Bertz CT molecular complexity index is 788. The van der Waals surface area contributed by atoms with Crippen LogP contribution in [0.1, 0.15) is 43.6 Å². The molecule has 1 N–H and O–H groups in total. The fraction of sp³-hybridized carbons (Fsp3) is 0.619. The Hall–Kier alpha value is -1.70. The van der Waals surface area contributed by atoms with Gasteiger partial charge in [0.2, 0.25) is 5.91 Å². The Morgan fingerprint density at radius 2 is 2.04 bits per heavy atom. The second-order valence-electron chi connectivity index (χ2n) is 7.89. The predicted octanol–water partition coefficient (Wildman–Crippen LogP) is 3.41. The molecule has 2 fully saturated rings. The van der Waals surface area contributed by atoms with Crippen molar-refractivity contribution >= 4 is 17.2 Å². The second kappa shape index (κ2) is 8.76. The molecular formula is C21H29N3O3S. The third-order valence-electron chi connectivity index (χ3n) is 5.93. The zero-order chi connectivity index (χ0) is 19.4. The highest BCUT2D eigenvalue weighted by Crippen LogP contribution is 2.34. The molecular weight excluding hydrogens is 374 g/mol. The van der Waals surface area contributed by atoms with Gasteiger partial charge in [-0.05, 0) is 31.9 Å². The maximum atomic E-state index is 12.6. The number of nitrogens with zero attached hydrogens (tertiary/aromatic N) is 2. The van der Waals surface area contributed by atoms with Gasteiger partial charge in [-0.15, -0.1) is 11.3 Å². The first-order chi connectivity index (χ1) is 13.6. The summed E-state index contributed by atoms with van der Waals surface area (Å²) in [5, 5.41) is 5.99. The smallest absolute Gasteiger partial charge is 0.226 e. The quantitative estimate of drug-likeness (QED) is 0.801. The number of rotatable bonds is 6. The molecule has 0 aromatic carbocycles. The van der Waals surface area contributed by atoms with Crippen molar-refractivity contribution < 1.29 is 13.9 Å². The van der Waals surface area contributed by atoms with E-state index in [-0.39, 0.29) is 11.4 Å². The highest BCUT2D eigenvalue weighted by molar-refractivity contribution is 7.13. The Labute approximate surface area is 170 Å². The zero-order valence-electron chi connectivity index (χ0n) is 16.5. The third kappa shape index (κ3) is 4.47. The molecule has 2 aliphatic rings. The molecule has 4 rings (SSSR count). The number of carbonyl (C=O) groups is 1. The zero-order valence-corrected chi connectivity index (χ0v) is 17.4. The first kappa shape index (κ1) is 19.6. The second-order valence-corrected chi connectivity index (χ2v) is 8.75. The SMILES string of the molecule is Cc1ccc(-c2nc(CC(=O)NCC3(N4CCOCC4)CCCCC3)cs2)o1. The number of hydrogen-bond acceptors (Lipinski definition) is 6. The summed E-state index contributed by atoms with van der Waals surface area (Å²) in [6, 6.07) is 3.85. The van der Waals surface area contributed by atoms with Gasteiger partial charge in [0.1, 0.15) is 5.76 Å². The van der Waals surface area contributed by atoms with Gasteiger partial charge >= 0.3 is 0 Å². The lowest BCUT2D eigenvalue weighted by Crippen LogP contribution is -2.59. The van der Waals surface area contributed by atoms with Crippen molar-refractivity contribution in [3.05, 3.63) is 29.0 Å². The number of hydrogen-bond donors (Lipinski definition) is 1. The third-order valence-corrected chi connectivity index (χ3v) is 6.83. The van der Waals surface area contributed by atoms with Gasteiger partial charge in [-0.2, -0.15) is 0 Å². The normalized spacial score (nSPS) is 20.2. The van der Waals surface area contributed by atoms with Crippen LogP contribution in [0.5, 0.6) is 0 Å². The van der Waals surface area contributed by atoms with Crippen molar-refractivity contribution in [2.75, 3.05) is 32.8 Å². The fourth-order valence-electron chi connectivity index (χ4n) is 4.39. The van der Waals surface area contributed by atoms with Gasteiger partial charge < -0.3 is 14.5 Å². The summed E-state index contributed by atoms with van der Waals surface area (Å²) in [5.74, 6) is 1.68. The Kier molecular flexibility index (Phi) is 6.13. The summed E-state index contributed by atoms with van der Waals surface area (Å²) in [7, 11) is 0. The summed E-state index contributed by atoms with van der Waals surface area (Å²) in [6.07, 6.45) is 6.41. The average molecular weight is 404 g/mol. The van der Waals surface area contributed by atoms with Crippen molar-refractivity contribution in [3.63, 3.8) is 0 Å². The molecule has 28 heavy (non-hydrogen) atoms. The molecule has 1 saturated heterocycles. The average Bonchev–Trinajstić information content (AvgIpc) is 3.37. The molecule has 0 atom stereocenters. The number of aryl methyl sites for hydroxylation is 1. The Balaban J connectivity index is 1.35. The van der Waals surface area contributed by atoms with Gasteiger partial charge in [0.25, 0.3) is 0 Å². The van der Waals surface area contributed by atoms with E-state index in [0.717, 1.165) is 67.9 Å². The van der Waals surface area contributed by atoms with Gasteiger partial charge in [0.05, 0.1) is 25.3 Å². The molecule has 2 aromatic heterocycles. The van der Waals surface area contributed by atoms with E-state index in [4.69, 9.17) is 9.15 Å². The van der Waals surface area contributed by atoms with Crippen molar-refractivity contribution in [1.29, 1.82) is 0 Å². The molecule has 7 heteroatoms. The number of thiazole rings is 1. The van der Waals surface area contributed by atoms with E-state index < -0.39 is 0 Å². The monoisotopic (exact) mass is 403 g/mol. The van der Waals surface area contributed by atoms with E-state index >= 15 is 0 Å². The van der Waals surface area contributed by atoms with Crippen LogP contribution in [-0.4, -0.2) is 54.2 Å². The minimum atomic E-state index is 0.0469. The predicted molar refractivity (Wildman–Crippen MR) is 109 cm³/mol. The molecule has 1 aliphatic heterocycles. The van der Waals surface area contributed by atoms with Crippen LogP contribution >= 0.6 is 11.3 Å². The highest BCUT2D eigenvalue weighted by atomic mass is 32.1. The van der Waals surface area contributed by atoms with Crippen molar-refractivity contribution in [2.24, 2.45) is 0 Å². The number of ether oxygens (including phenoxy) is 1. The molecule has 2 aromatic rings. The highest BCUT2D eigenvalue weighted by Gasteiger charge is 2.38. The van der Waals surface area contributed by atoms with Crippen LogP contribution in [0.25, 0.3) is 10.8 Å². The molecule has 1 amide bonds. The molecule has 1 aliphatic carbocycles. The molecule has 1 saturated carbocycles. The van der Waals surface area contributed by atoms with Gasteiger partial charge in [-0.3, -0.25) is 9.69 Å². The standard InChI is InChI=1S/C21H29N3O3S/c1-16-5-6-18(27-16)20-23-17(14-28-20)13-19(25)22-15-21(7-3-2-4-8-21)24-9-11-26-12-10-24/h5-6,14H,2-4,7-13,15H2,1H3,(H,22,25). The maximum absolute atomic E-state index is 12.6. The fourth-order valence-corrected chi connectivity index (χ4v) is 5.17. The van der Waals surface area contributed by atoms with Crippen LogP contribution in [0.2, 0.25) is 0 Å². The van der Waals surface area contributed by atoms with Gasteiger partial charge in [-0.1, -0.05) is 19.3 Å². The van der Waals surface area contributed by atoms with E-state index in [2.05, 4.69) is 15.2 Å². The number of amides is 1. The molecule has 0 unspecified atom stereocenters. The summed E-state index contributed by atoms with van der Waals surface area (Å²) in [4.78, 5) is 19.7. The van der Waals surface area contributed by atoms with E-state index in [9.17, 15) is 4.79 Å². The number of nitrogens with one attached hydrogen (secondary N) is 1. The Morgan fingerprint density at radius 3 is 2.75 bits per heavy atom. The van der Waals surface area contributed by atoms with Crippen LogP contribution in [0, 0.1) is 6.92 Å².